The highest BCUT2D eigenvalue weighted by molar-refractivity contribution is 5.85. The predicted octanol–water partition coefficient (Wildman–Crippen LogP) is 1.16. The van der Waals surface area contributed by atoms with E-state index in [9.17, 15) is 4.79 Å². The normalized spacial score (nSPS) is 13.7. The lowest BCUT2D eigenvalue weighted by atomic mass is 9.94. The van der Waals surface area contributed by atoms with Gasteiger partial charge in [0, 0.05) is 6.42 Å². The molecule has 0 amide bonds. The summed E-state index contributed by atoms with van der Waals surface area (Å²) in [4.78, 5) is 10.7. The first-order valence-electron chi connectivity index (χ1n) is 4.22. The van der Waals surface area contributed by atoms with Crippen LogP contribution >= 0.6 is 12.4 Å². The van der Waals surface area contributed by atoms with E-state index in [0.717, 1.165) is 5.56 Å². The molecule has 1 aromatic carbocycles. The van der Waals surface area contributed by atoms with Gasteiger partial charge in [-0.25, -0.2) is 0 Å². The van der Waals surface area contributed by atoms with Crippen LogP contribution in [0.3, 0.4) is 0 Å². The molecule has 0 aliphatic heterocycles. The van der Waals surface area contributed by atoms with E-state index in [1.165, 1.54) is 19.1 Å². The largest absolute Gasteiger partial charge is 0.508 e. The first-order chi connectivity index (χ1) is 6.42. The van der Waals surface area contributed by atoms with Crippen molar-refractivity contribution in [3.63, 3.8) is 0 Å². The quantitative estimate of drug-likeness (QED) is 0.729. The molecule has 0 aliphatic carbocycles. The van der Waals surface area contributed by atoms with Crippen molar-refractivity contribution < 1.29 is 15.0 Å². The van der Waals surface area contributed by atoms with E-state index < -0.39 is 11.5 Å². The number of halogens is 1. The number of hydrogen-bond donors (Lipinski definition) is 3. The van der Waals surface area contributed by atoms with Gasteiger partial charge in [-0.2, -0.15) is 0 Å². The van der Waals surface area contributed by atoms with Crippen molar-refractivity contribution in [2.45, 2.75) is 18.9 Å². The van der Waals surface area contributed by atoms with Gasteiger partial charge in [-0.1, -0.05) is 12.1 Å². The molecule has 0 bridgehead atoms. The minimum Gasteiger partial charge on any atom is -0.508 e. The zero-order chi connectivity index (χ0) is 10.8. The van der Waals surface area contributed by atoms with E-state index in [-0.39, 0.29) is 24.6 Å². The van der Waals surface area contributed by atoms with Gasteiger partial charge < -0.3 is 15.9 Å². The summed E-state index contributed by atoms with van der Waals surface area (Å²) < 4.78 is 0. The van der Waals surface area contributed by atoms with E-state index in [1.54, 1.807) is 12.1 Å². The van der Waals surface area contributed by atoms with Gasteiger partial charge in [-0.05, 0) is 24.6 Å². The topological polar surface area (TPSA) is 83.5 Å². The molecule has 0 heterocycles. The second kappa shape index (κ2) is 5.00. The minimum atomic E-state index is -1.27. The third kappa shape index (κ3) is 3.77. The van der Waals surface area contributed by atoms with Crippen LogP contribution in [0.25, 0.3) is 0 Å². The van der Waals surface area contributed by atoms with Crippen LogP contribution < -0.4 is 5.73 Å². The van der Waals surface area contributed by atoms with Crippen LogP contribution in [-0.2, 0) is 11.2 Å². The van der Waals surface area contributed by atoms with Crippen molar-refractivity contribution in [3.05, 3.63) is 29.8 Å². The molecule has 0 spiro atoms. The molecule has 1 rings (SSSR count). The van der Waals surface area contributed by atoms with Crippen molar-refractivity contribution in [2.75, 3.05) is 0 Å². The summed E-state index contributed by atoms with van der Waals surface area (Å²) in [6, 6.07) is 6.33. The van der Waals surface area contributed by atoms with E-state index in [4.69, 9.17) is 15.9 Å². The average molecular weight is 232 g/mol. The number of benzene rings is 1. The standard InChI is InChI=1S/C10H13NO3.ClH/c1-10(11,9(13)14)6-7-2-4-8(12)5-3-7;/h2-5,12H,6,11H2,1H3,(H,13,14);1H/t10-;/m1./s1. The highest BCUT2D eigenvalue weighted by Crippen LogP contribution is 2.14. The number of hydrogen-bond acceptors (Lipinski definition) is 3. The molecular weight excluding hydrogens is 218 g/mol. The molecule has 0 unspecified atom stereocenters. The third-order valence-corrected chi connectivity index (χ3v) is 2.00. The zero-order valence-corrected chi connectivity index (χ0v) is 9.12. The molecule has 0 saturated carbocycles. The number of nitrogens with two attached hydrogens (primary N) is 1. The first-order valence-corrected chi connectivity index (χ1v) is 4.22. The van der Waals surface area contributed by atoms with Crippen LogP contribution in [0.5, 0.6) is 5.75 Å². The lowest BCUT2D eigenvalue weighted by Crippen LogP contribution is -2.46. The summed E-state index contributed by atoms with van der Waals surface area (Å²) in [6.45, 7) is 1.46. The second-order valence-electron chi connectivity index (χ2n) is 3.57. The fourth-order valence-electron chi connectivity index (χ4n) is 1.11. The minimum absolute atomic E-state index is 0. The summed E-state index contributed by atoms with van der Waals surface area (Å²) in [5.74, 6) is -0.881. The number of aromatic hydroxyl groups is 1. The molecule has 5 heteroatoms. The molecule has 0 fully saturated rings. The predicted molar refractivity (Wildman–Crippen MR) is 59.3 cm³/mol. The average Bonchev–Trinajstić information content (AvgIpc) is 2.08. The zero-order valence-electron chi connectivity index (χ0n) is 8.30. The Balaban J connectivity index is 0.00000196. The molecule has 0 saturated heterocycles. The Kier molecular flexibility index (Phi) is 4.58. The Hall–Kier alpha value is -1.26. The smallest absolute Gasteiger partial charge is 0.323 e. The molecule has 84 valence electrons. The molecule has 0 radical (unpaired) electrons. The lowest BCUT2D eigenvalue weighted by Gasteiger charge is -2.18. The van der Waals surface area contributed by atoms with Crippen LogP contribution in [0, 0.1) is 0 Å². The van der Waals surface area contributed by atoms with E-state index >= 15 is 0 Å². The van der Waals surface area contributed by atoms with Crippen molar-refractivity contribution in [2.24, 2.45) is 5.73 Å². The van der Waals surface area contributed by atoms with Gasteiger partial charge in [0.05, 0.1) is 0 Å². The number of carboxylic acid groups (broad SMARTS) is 1. The molecule has 0 aliphatic rings. The second-order valence-corrected chi connectivity index (χ2v) is 3.57. The van der Waals surface area contributed by atoms with Gasteiger partial charge >= 0.3 is 5.97 Å². The molecule has 0 aromatic heterocycles. The summed E-state index contributed by atoms with van der Waals surface area (Å²) in [6.07, 6.45) is 0.239. The fraction of sp³-hybridized carbons (Fsp3) is 0.300. The van der Waals surface area contributed by atoms with Crippen LogP contribution in [0.1, 0.15) is 12.5 Å². The number of phenolic OH excluding ortho intramolecular Hbond substituents is 1. The summed E-state index contributed by atoms with van der Waals surface area (Å²) in [5.41, 5.74) is 5.09. The first kappa shape index (κ1) is 13.7. The van der Waals surface area contributed by atoms with E-state index in [1.807, 2.05) is 0 Å². The van der Waals surface area contributed by atoms with Crippen molar-refractivity contribution in [3.8, 4) is 5.75 Å². The van der Waals surface area contributed by atoms with Crippen LogP contribution in [0.15, 0.2) is 24.3 Å². The Bertz CT molecular complexity index is 335. The Labute approximate surface area is 94.1 Å². The number of carboxylic acids is 1. The lowest BCUT2D eigenvalue weighted by molar-refractivity contribution is -0.142. The van der Waals surface area contributed by atoms with Gasteiger partial charge in [0.1, 0.15) is 11.3 Å². The summed E-state index contributed by atoms with van der Waals surface area (Å²) in [7, 11) is 0. The Morgan fingerprint density at radius 3 is 2.27 bits per heavy atom. The molecule has 4 N–H and O–H groups in total. The number of carbonyl (C=O) groups is 1. The van der Waals surface area contributed by atoms with Gasteiger partial charge in [0.25, 0.3) is 0 Å². The fourth-order valence-corrected chi connectivity index (χ4v) is 1.11. The maximum atomic E-state index is 10.7. The Morgan fingerprint density at radius 1 is 1.40 bits per heavy atom. The Morgan fingerprint density at radius 2 is 1.87 bits per heavy atom. The molecule has 1 aromatic rings. The maximum absolute atomic E-state index is 10.7. The summed E-state index contributed by atoms with van der Waals surface area (Å²) >= 11 is 0. The van der Waals surface area contributed by atoms with E-state index in [0.29, 0.717) is 0 Å². The maximum Gasteiger partial charge on any atom is 0.323 e. The molecule has 4 nitrogen and oxygen atoms in total. The SMILES string of the molecule is C[C@@](N)(Cc1ccc(O)cc1)C(=O)O.Cl. The van der Waals surface area contributed by atoms with Crippen LogP contribution in [0.2, 0.25) is 0 Å². The highest BCUT2D eigenvalue weighted by atomic mass is 35.5. The van der Waals surface area contributed by atoms with Crippen molar-refractivity contribution in [1.82, 2.24) is 0 Å². The summed E-state index contributed by atoms with van der Waals surface area (Å²) in [5, 5.41) is 17.8. The number of phenols is 1. The number of aliphatic carboxylic acids is 1. The van der Waals surface area contributed by atoms with Gasteiger partial charge in [-0.3, -0.25) is 4.79 Å². The van der Waals surface area contributed by atoms with Gasteiger partial charge in [-0.15, -0.1) is 12.4 Å². The molecule has 15 heavy (non-hydrogen) atoms. The monoisotopic (exact) mass is 231 g/mol. The van der Waals surface area contributed by atoms with Crippen LogP contribution in [-0.4, -0.2) is 21.7 Å². The number of rotatable bonds is 3. The van der Waals surface area contributed by atoms with Crippen LogP contribution in [0.4, 0.5) is 0 Å². The van der Waals surface area contributed by atoms with Crippen molar-refractivity contribution in [1.29, 1.82) is 0 Å². The van der Waals surface area contributed by atoms with Gasteiger partial charge in [0.2, 0.25) is 0 Å². The van der Waals surface area contributed by atoms with Gasteiger partial charge in [0.15, 0.2) is 0 Å². The molecular formula is C10H14ClNO3. The van der Waals surface area contributed by atoms with E-state index in [2.05, 4.69) is 0 Å². The highest BCUT2D eigenvalue weighted by Gasteiger charge is 2.27. The molecule has 1 atom stereocenters. The third-order valence-electron chi connectivity index (χ3n) is 2.00. The van der Waals surface area contributed by atoms with Crippen molar-refractivity contribution >= 4 is 18.4 Å².